The molecule has 1 aliphatic heterocycles. The number of benzene rings is 1. The van der Waals surface area contributed by atoms with Crippen LogP contribution in [-0.2, 0) is 4.74 Å². The number of para-hydroxylation sites is 1. The van der Waals surface area contributed by atoms with Crippen LogP contribution in [0.5, 0.6) is 0 Å². The first-order valence-electron chi connectivity index (χ1n) is 5.10. The molecule has 0 unspecified atom stereocenters. The molecule has 1 N–H and O–H groups in total. The molecule has 2 amide bonds. The van der Waals surface area contributed by atoms with Gasteiger partial charge in [-0.3, -0.25) is 4.90 Å². The molecule has 0 aromatic heterocycles. The maximum absolute atomic E-state index is 11.8. The Hall–Kier alpha value is -1.97. The normalized spacial score (nSPS) is 13.8. The molecule has 0 spiro atoms. The van der Waals surface area contributed by atoms with E-state index in [9.17, 15) is 4.79 Å². The Balaban J connectivity index is 2.14. The number of rotatable bonds is 1. The number of nitrogens with zero attached hydrogens (tertiary/aromatic N) is 1. The van der Waals surface area contributed by atoms with E-state index < -0.39 is 0 Å². The van der Waals surface area contributed by atoms with Crippen molar-refractivity contribution in [2.24, 2.45) is 0 Å². The predicted molar refractivity (Wildman–Crippen MR) is 61.9 cm³/mol. The van der Waals surface area contributed by atoms with Gasteiger partial charge < -0.3 is 10.1 Å². The van der Waals surface area contributed by atoms with Gasteiger partial charge in [-0.1, -0.05) is 18.2 Å². The Bertz CT molecular complexity index is 420. The van der Waals surface area contributed by atoms with Crippen molar-refractivity contribution in [3.05, 3.63) is 41.8 Å². The van der Waals surface area contributed by atoms with Gasteiger partial charge in [-0.25, -0.2) is 4.79 Å². The molecule has 4 nitrogen and oxygen atoms in total. The second-order valence-corrected chi connectivity index (χ2v) is 3.75. The molecular weight excluding hydrogens is 204 g/mol. The molecule has 0 aliphatic carbocycles. The summed E-state index contributed by atoms with van der Waals surface area (Å²) < 4.78 is 4.96. The molecule has 4 heteroatoms. The SMILES string of the molecule is Cc1cccc(C)c1NC(=O)N1C=COC1. The fraction of sp³-hybridized carbons (Fsp3) is 0.250. The highest BCUT2D eigenvalue weighted by Crippen LogP contribution is 2.20. The first kappa shape index (κ1) is 10.5. The van der Waals surface area contributed by atoms with Gasteiger partial charge in [-0.05, 0) is 25.0 Å². The smallest absolute Gasteiger partial charge is 0.328 e. The highest BCUT2D eigenvalue weighted by Gasteiger charge is 2.15. The number of carbonyl (C=O) groups excluding carboxylic acids is 1. The van der Waals surface area contributed by atoms with Crippen molar-refractivity contribution in [2.75, 3.05) is 12.0 Å². The summed E-state index contributed by atoms with van der Waals surface area (Å²) in [4.78, 5) is 13.3. The molecule has 0 atom stereocenters. The van der Waals surface area contributed by atoms with Crippen molar-refractivity contribution in [2.45, 2.75) is 13.8 Å². The number of carbonyl (C=O) groups is 1. The van der Waals surface area contributed by atoms with Crippen molar-refractivity contribution in [3.63, 3.8) is 0 Å². The van der Waals surface area contributed by atoms with Crippen LogP contribution < -0.4 is 5.32 Å². The number of nitrogens with one attached hydrogen (secondary N) is 1. The minimum atomic E-state index is -0.175. The van der Waals surface area contributed by atoms with E-state index in [0.29, 0.717) is 0 Å². The van der Waals surface area contributed by atoms with Gasteiger partial charge in [0.25, 0.3) is 0 Å². The molecule has 0 saturated heterocycles. The summed E-state index contributed by atoms with van der Waals surface area (Å²) in [7, 11) is 0. The summed E-state index contributed by atoms with van der Waals surface area (Å²) in [6.45, 7) is 4.22. The molecule has 0 bridgehead atoms. The molecule has 1 heterocycles. The minimum Gasteiger partial charge on any atom is -0.479 e. The summed E-state index contributed by atoms with van der Waals surface area (Å²) in [6, 6.07) is 5.74. The van der Waals surface area contributed by atoms with Gasteiger partial charge in [0, 0.05) is 11.9 Å². The topological polar surface area (TPSA) is 41.6 Å². The van der Waals surface area contributed by atoms with E-state index in [1.54, 1.807) is 6.20 Å². The Kier molecular flexibility index (Phi) is 2.81. The maximum Gasteiger partial charge on any atom is 0.328 e. The first-order chi connectivity index (χ1) is 7.68. The van der Waals surface area contributed by atoms with Gasteiger partial charge in [-0.2, -0.15) is 0 Å². The third-order valence-electron chi connectivity index (χ3n) is 2.52. The molecule has 1 aromatic carbocycles. The lowest BCUT2D eigenvalue weighted by Crippen LogP contribution is -2.29. The zero-order valence-electron chi connectivity index (χ0n) is 9.36. The van der Waals surface area contributed by atoms with Gasteiger partial charge in [0.2, 0.25) is 0 Å². The van der Waals surface area contributed by atoms with Crippen LogP contribution in [0.25, 0.3) is 0 Å². The summed E-state index contributed by atoms with van der Waals surface area (Å²) in [5, 5.41) is 2.88. The van der Waals surface area contributed by atoms with Crippen molar-refractivity contribution < 1.29 is 9.53 Å². The van der Waals surface area contributed by atoms with Crippen molar-refractivity contribution in [1.29, 1.82) is 0 Å². The van der Waals surface area contributed by atoms with E-state index in [1.807, 2.05) is 32.0 Å². The van der Waals surface area contributed by atoms with E-state index in [-0.39, 0.29) is 12.8 Å². The molecule has 1 aliphatic rings. The molecule has 16 heavy (non-hydrogen) atoms. The van der Waals surface area contributed by atoms with Crippen LogP contribution in [0, 0.1) is 13.8 Å². The maximum atomic E-state index is 11.8. The van der Waals surface area contributed by atoms with Crippen LogP contribution in [0.15, 0.2) is 30.7 Å². The summed E-state index contributed by atoms with van der Waals surface area (Å²) in [5.41, 5.74) is 2.97. The Labute approximate surface area is 94.5 Å². The van der Waals surface area contributed by atoms with Gasteiger partial charge >= 0.3 is 6.03 Å². The van der Waals surface area contributed by atoms with Crippen LogP contribution in [-0.4, -0.2) is 17.7 Å². The lowest BCUT2D eigenvalue weighted by molar-refractivity contribution is 0.175. The van der Waals surface area contributed by atoms with E-state index >= 15 is 0 Å². The van der Waals surface area contributed by atoms with Crippen molar-refractivity contribution in [3.8, 4) is 0 Å². The minimum absolute atomic E-state index is 0.175. The number of hydrogen-bond donors (Lipinski definition) is 1. The Morgan fingerprint density at radius 3 is 2.62 bits per heavy atom. The number of anilines is 1. The summed E-state index contributed by atoms with van der Waals surface area (Å²) >= 11 is 0. The largest absolute Gasteiger partial charge is 0.479 e. The predicted octanol–water partition coefficient (Wildman–Crippen LogP) is 2.60. The summed E-state index contributed by atoms with van der Waals surface area (Å²) in [6.07, 6.45) is 3.12. The lowest BCUT2D eigenvalue weighted by atomic mass is 10.1. The highest BCUT2D eigenvalue weighted by molar-refractivity contribution is 5.91. The van der Waals surface area contributed by atoms with E-state index in [1.165, 1.54) is 11.2 Å². The van der Waals surface area contributed by atoms with Crippen LogP contribution in [0.1, 0.15) is 11.1 Å². The third-order valence-corrected chi connectivity index (χ3v) is 2.52. The van der Waals surface area contributed by atoms with Gasteiger partial charge in [0.05, 0.1) is 0 Å². The van der Waals surface area contributed by atoms with Crippen molar-refractivity contribution in [1.82, 2.24) is 4.90 Å². The molecule has 1 aromatic rings. The van der Waals surface area contributed by atoms with Gasteiger partial charge in [0.1, 0.15) is 6.26 Å². The van der Waals surface area contributed by atoms with Crippen LogP contribution >= 0.6 is 0 Å². The van der Waals surface area contributed by atoms with Crippen LogP contribution in [0.4, 0.5) is 10.5 Å². The molecule has 0 radical (unpaired) electrons. The van der Waals surface area contributed by atoms with E-state index in [2.05, 4.69) is 5.32 Å². The van der Waals surface area contributed by atoms with Gasteiger partial charge in [0.15, 0.2) is 6.73 Å². The number of hydrogen-bond acceptors (Lipinski definition) is 2. The molecular formula is C12H14N2O2. The summed E-state index contributed by atoms with van der Waals surface area (Å²) in [5.74, 6) is 0. The monoisotopic (exact) mass is 218 g/mol. The zero-order valence-corrected chi connectivity index (χ0v) is 9.36. The quantitative estimate of drug-likeness (QED) is 0.787. The number of ether oxygens (including phenoxy) is 1. The number of urea groups is 1. The fourth-order valence-electron chi connectivity index (χ4n) is 1.60. The Morgan fingerprint density at radius 2 is 2.06 bits per heavy atom. The second-order valence-electron chi connectivity index (χ2n) is 3.75. The highest BCUT2D eigenvalue weighted by atomic mass is 16.5. The second kappa shape index (κ2) is 4.26. The zero-order chi connectivity index (χ0) is 11.5. The van der Waals surface area contributed by atoms with E-state index in [4.69, 9.17) is 4.74 Å². The number of amides is 2. The molecule has 84 valence electrons. The fourth-order valence-corrected chi connectivity index (χ4v) is 1.60. The third kappa shape index (κ3) is 2.00. The van der Waals surface area contributed by atoms with Crippen LogP contribution in [0.3, 0.4) is 0 Å². The lowest BCUT2D eigenvalue weighted by Gasteiger charge is -2.16. The number of aryl methyl sites for hydroxylation is 2. The first-order valence-corrected chi connectivity index (χ1v) is 5.10. The molecule has 0 fully saturated rings. The van der Waals surface area contributed by atoms with Crippen molar-refractivity contribution >= 4 is 11.7 Å². The standard InChI is InChI=1S/C12H14N2O2/c1-9-4-3-5-10(2)11(9)13-12(15)14-6-7-16-8-14/h3-7H,8H2,1-2H3,(H,13,15). The van der Waals surface area contributed by atoms with Crippen LogP contribution in [0.2, 0.25) is 0 Å². The molecule has 0 saturated carbocycles. The van der Waals surface area contributed by atoms with E-state index in [0.717, 1.165) is 16.8 Å². The average molecular weight is 218 g/mol. The Morgan fingerprint density at radius 1 is 1.38 bits per heavy atom. The average Bonchev–Trinajstić information content (AvgIpc) is 2.76. The van der Waals surface area contributed by atoms with Gasteiger partial charge in [-0.15, -0.1) is 0 Å². The molecule has 2 rings (SSSR count).